The van der Waals surface area contributed by atoms with Gasteiger partial charge in [-0.1, -0.05) is 23.5 Å². The Kier molecular flexibility index (Phi) is 3.74. The summed E-state index contributed by atoms with van der Waals surface area (Å²) in [5, 5.41) is 16.6. The van der Waals surface area contributed by atoms with Crippen molar-refractivity contribution < 1.29 is 4.79 Å². The third kappa shape index (κ3) is 2.82. The first-order valence-corrected chi connectivity index (χ1v) is 7.31. The summed E-state index contributed by atoms with van der Waals surface area (Å²) in [6.07, 6.45) is 3.46. The molecule has 21 heavy (non-hydrogen) atoms. The Bertz CT molecular complexity index is 780. The van der Waals surface area contributed by atoms with E-state index in [9.17, 15) is 4.79 Å². The Morgan fingerprint density at radius 2 is 2.19 bits per heavy atom. The molecule has 0 unspecified atom stereocenters. The Balaban J connectivity index is 1.85. The van der Waals surface area contributed by atoms with E-state index in [4.69, 9.17) is 0 Å². The van der Waals surface area contributed by atoms with Crippen molar-refractivity contribution in [3.05, 3.63) is 41.7 Å². The monoisotopic (exact) mass is 299 g/mol. The number of amides is 1. The zero-order chi connectivity index (χ0) is 14.7. The lowest BCUT2D eigenvalue weighted by Crippen LogP contribution is -2.11. The summed E-state index contributed by atoms with van der Waals surface area (Å²) in [7, 11) is 0. The number of carbonyl (C=O) groups excluding carboxylic acids is 1. The molecule has 0 atom stereocenters. The van der Waals surface area contributed by atoms with Crippen LogP contribution < -0.4 is 10.6 Å². The van der Waals surface area contributed by atoms with Gasteiger partial charge in [0.25, 0.3) is 5.91 Å². The van der Waals surface area contributed by atoms with Crippen LogP contribution >= 0.6 is 11.3 Å². The van der Waals surface area contributed by atoms with Crippen molar-refractivity contribution in [2.45, 2.75) is 6.92 Å². The van der Waals surface area contributed by atoms with Crippen molar-refractivity contribution in [2.24, 2.45) is 0 Å². The van der Waals surface area contributed by atoms with Crippen LogP contribution in [0.1, 0.15) is 16.7 Å². The summed E-state index contributed by atoms with van der Waals surface area (Å²) in [5.74, 6) is -0.263. The van der Waals surface area contributed by atoms with Crippen LogP contribution in [0.3, 0.4) is 0 Å². The molecule has 1 amide bonds. The fourth-order valence-electron chi connectivity index (χ4n) is 1.94. The highest BCUT2D eigenvalue weighted by Crippen LogP contribution is 2.23. The molecule has 0 fully saturated rings. The van der Waals surface area contributed by atoms with E-state index in [-0.39, 0.29) is 5.91 Å². The third-order valence-electron chi connectivity index (χ3n) is 2.88. The molecule has 2 N–H and O–H groups in total. The average molecular weight is 299 g/mol. The Morgan fingerprint density at radius 3 is 3.05 bits per heavy atom. The quantitative estimate of drug-likeness (QED) is 0.774. The summed E-state index contributed by atoms with van der Waals surface area (Å²) in [6.45, 7) is 2.71. The van der Waals surface area contributed by atoms with Gasteiger partial charge in [0.1, 0.15) is 0 Å². The molecule has 0 aliphatic carbocycles. The van der Waals surface area contributed by atoms with Crippen LogP contribution in [0, 0.1) is 0 Å². The number of aromatic nitrogens is 3. The Labute approximate surface area is 125 Å². The molecule has 0 radical (unpaired) electrons. The first kappa shape index (κ1) is 13.4. The van der Waals surface area contributed by atoms with E-state index in [1.54, 1.807) is 12.4 Å². The van der Waals surface area contributed by atoms with Gasteiger partial charge in [0.15, 0.2) is 0 Å². The van der Waals surface area contributed by atoms with E-state index in [1.807, 2.05) is 31.2 Å². The average Bonchev–Trinajstić information content (AvgIpc) is 2.97. The van der Waals surface area contributed by atoms with Crippen LogP contribution in [0.15, 0.2) is 36.7 Å². The zero-order valence-electron chi connectivity index (χ0n) is 11.3. The molecule has 0 saturated carbocycles. The van der Waals surface area contributed by atoms with E-state index in [1.165, 1.54) is 11.3 Å². The van der Waals surface area contributed by atoms with Crippen LogP contribution in [0.25, 0.3) is 10.8 Å². The smallest absolute Gasteiger partial charge is 0.286 e. The van der Waals surface area contributed by atoms with Crippen molar-refractivity contribution in [2.75, 3.05) is 17.2 Å². The fourth-order valence-corrected chi connectivity index (χ4v) is 2.65. The second-order valence-electron chi connectivity index (χ2n) is 4.30. The standard InChI is InChI=1S/C14H13N5OS/c1-2-16-14-19-18-13(21-14)12(20)17-11-5-3-4-9-8-15-7-6-10(9)11/h3-8H,2H2,1H3,(H,16,19)(H,17,20). The molecule has 3 rings (SSSR count). The number of fused-ring (bicyclic) bond motifs is 1. The van der Waals surface area contributed by atoms with Crippen molar-refractivity contribution in [3.8, 4) is 0 Å². The topological polar surface area (TPSA) is 79.8 Å². The van der Waals surface area contributed by atoms with E-state index in [0.29, 0.717) is 10.1 Å². The molecule has 0 saturated heterocycles. The highest BCUT2D eigenvalue weighted by Gasteiger charge is 2.13. The lowest BCUT2D eigenvalue weighted by Gasteiger charge is -2.06. The highest BCUT2D eigenvalue weighted by molar-refractivity contribution is 7.17. The van der Waals surface area contributed by atoms with Gasteiger partial charge in [-0.2, -0.15) is 0 Å². The van der Waals surface area contributed by atoms with Gasteiger partial charge in [0.2, 0.25) is 10.1 Å². The molecule has 0 bridgehead atoms. The van der Waals surface area contributed by atoms with Gasteiger partial charge in [0, 0.05) is 35.4 Å². The molecule has 3 aromatic rings. The van der Waals surface area contributed by atoms with Crippen molar-refractivity contribution >= 4 is 38.8 Å². The molecule has 1 aromatic carbocycles. The molecule has 2 aromatic heterocycles. The van der Waals surface area contributed by atoms with Crippen molar-refractivity contribution in [1.82, 2.24) is 15.2 Å². The summed E-state index contributed by atoms with van der Waals surface area (Å²) < 4.78 is 0. The normalized spacial score (nSPS) is 10.5. The van der Waals surface area contributed by atoms with E-state index in [2.05, 4.69) is 25.8 Å². The molecule has 0 aliphatic heterocycles. The molecule has 2 heterocycles. The van der Waals surface area contributed by atoms with Crippen LogP contribution in [-0.4, -0.2) is 27.6 Å². The maximum atomic E-state index is 12.2. The fraction of sp³-hybridized carbons (Fsp3) is 0.143. The number of nitrogens with zero attached hydrogens (tertiary/aromatic N) is 3. The van der Waals surface area contributed by atoms with Crippen LogP contribution in [0.2, 0.25) is 0 Å². The molecular formula is C14H13N5OS. The predicted molar refractivity (Wildman–Crippen MR) is 83.8 cm³/mol. The van der Waals surface area contributed by atoms with E-state index >= 15 is 0 Å². The second-order valence-corrected chi connectivity index (χ2v) is 5.28. The van der Waals surface area contributed by atoms with Crippen molar-refractivity contribution in [1.29, 1.82) is 0 Å². The lowest BCUT2D eigenvalue weighted by atomic mass is 10.1. The summed E-state index contributed by atoms with van der Waals surface area (Å²) in [4.78, 5) is 16.3. The second kappa shape index (κ2) is 5.84. The van der Waals surface area contributed by atoms with Gasteiger partial charge in [-0.3, -0.25) is 9.78 Å². The Hall–Kier alpha value is -2.54. The number of anilines is 2. The van der Waals surface area contributed by atoms with E-state index < -0.39 is 0 Å². The minimum absolute atomic E-state index is 0.263. The Morgan fingerprint density at radius 1 is 1.29 bits per heavy atom. The van der Waals surface area contributed by atoms with Crippen LogP contribution in [0.5, 0.6) is 0 Å². The summed E-state index contributed by atoms with van der Waals surface area (Å²) in [5.41, 5.74) is 0.736. The van der Waals surface area contributed by atoms with Gasteiger partial charge in [-0.05, 0) is 19.1 Å². The minimum Gasteiger partial charge on any atom is -0.360 e. The number of pyridine rings is 1. The number of nitrogens with one attached hydrogen (secondary N) is 2. The van der Waals surface area contributed by atoms with Crippen molar-refractivity contribution in [3.63, 3.8) is 0 Å². The number of benzene rings is 1. The number of rotatable bonds is 4. The van der Waals surface area contributed by atoms with Gasteiger partial charge < -0.3 is 10.6 Å². The number of hydrogen-bond acceptors (Lipinski definition) is 6. The molecule has 0 spiro atoms. The first-order chi connectivity index (χ1) is 10.3. The van der Waals surface area contributed by atoms with E-state index in [0.717, 1.165) is 23.0 Å². The number of hydrogen-bond donors (Lipinski definition) is 2. The zero-order valence-corrected chi connectivity index (χ0v) is 12.1. The summed E-state index contributed by atoms with van der Waals surface area (Å²) >= 11 is 1.23. The number of carbonyl (C=O) groups is 1. The molecular weight excluding hydrogens is 286 g/mol. The lowest BCUT2D eigenvalue weighted by molar-refractivity contribution is 0.102. The molecule has 7 heteroatoms. The van der Waals surface area contributed by atoms with Crippen LogP contribution in [0.4, 0.5) is 10.8 Å². The van der Waals surface area contributed by atoms with Crippen LogP contribution in [-0.2, 0) is 0 Å². The SMILES string of the molecule is CCNc1nnc(C(=O)Nc2cccc3cnccc23)s1. The predicted octanol–water partition coefficient (Wildman–Crippen LogP) is 2.77. The molecule has 106 valence electrons. The largest absolute Gasteiger partial charge is 0.360 e. The molecule has 6 nitrogen and oxygen atoms in total. The summed E-state index contributed by atoms with van der Waals surface area (Å²) in [6, 6.07) is 7.55. The third-order valence-corrected chi connectivity index (χ3v) is 3.76. The minimum atomic E-state index is -0.263. The molecule has 0 aliphatic rings. The maximum absolute atomic E-state index is 12.2. The first-order valence-electron chi connectivity index (χ1n) is 6.49. The maximum Gasteiger partial charge on any atom is 0.286 e. The van der Waals surface area contributed by atoms with Gasteiger partial charge in [-0.25, -0.2) is 0 Å². The van der Waals surface area contributed by atoms with Gasteiger partial charge >= 0.3 is 0 Å². The van der Waals surface area contributed by atoms with Gasteiger partial charge in [0.05, 0.1) is 0 Å². The highest BCUT2D eigenvalue weighted by atomic mass is 32.1. The van der Waals surface area contributed by atoms with Gasteiger partial charge in [-0.15, -0.1) is 10.2 Å².